The first-order valence-electron chi connectivity index (χ1n) is 6.68. The van der Waals surface area contributed by atoms with Crippen LogP contribution in [0, 0.1) is 6.92 Å². The maximum absolute atomic E-state index is 12.0. The molecule has 3 rings (SSSR count). The summed E-state index contributed by atoms with van der Waals surface area (Å²) in [5.74, 6) is -3.25. The third kappa shape index (κ3) is 3.63. The first kappa shape index (κ1) is 18.5. The Kier molecular flexibility index (Phi) is 4.84. The largest absolute Gasteiger partial charge is 0.490 e. The second-order valence-electron chi connectivity index (χ2n) is 4.93. The molecule has 25 heavy (non-hydrogen) atoms. The number of aromatic amines is 1. The Bertz CT molecular complexity index is 1040. The van der Waals surface area contributed by atoms with Crippen molar-refractivity contribution in [3.63, 3.8) is 0 Å². The van der Waals surface area contributed by atoms with Crippen LogP contribution in [0.2, 0.25) is 0 Å². The standard InChI is InChI=1S/C13H10N2O2S.C2HF3O2/c1-6-9-11(18-10(6)12(14)16)7-4-2-3-5-8(7)15-13(9)17;3-2(4,5)1(6)7/h2-5H,1H3,(H2,14,16)(H,15,17);(H,6,7). The zero-order valence-electron chi connectivity index (χ0n) is 12.6. The molecule has 0 unspecified atom stereocenters. The molecule has 1 amide bonds. The van der Waals surface area contributed by atoms with Crippen molar-refractivity contribution >= 4 is 44.2 Å². The highest BCUT2D eigenvalue weighted by Crippen LogP contribution is 2.32. The number of halogens is 3. The lowest BCUT2D eigenvalue weighted by atomic mass is 10.1. The number of rotatable bonds is 1. The van der Waals surface area contributed by atoms with Crippen molar-refractivity contribution in [2.45, 2.75) is 13.1 Å². The van der Waals surface area contributed by atoms with Gasteiger partial charge in [0.2, 0.25) is 0 Å². The van der Waals surface area contributed by atoms with Gasteiger partial charge in [0.1, 0.15) is 0 Å². The molecule has 0 fully saturated rings. The molecular formula is C15H11F3N2O4S. The number of aromatic nitrogens is 1. The third-order valence-electron chi connectivity index (χ3n) is 3.26. The van der Waals surface area contributed by atoms with Gasteiger partial charge in [-0.3, -0.25) is 9.59 Å². The Morgan fingerprint density at radius 3 is 2.32 bits per heavy atom. The first-order valence-corrected chi connectivity index (χ1v) is 7.49. The molecule has 2 aromatic heterocycles. The Morgan fingerprint density at radius 1 is 1.24 bits per heavy atom. The highest BCUT2D eigenvalue weighted by Gasteiger charge is 2.38. The minimum Gasteiger partial charge on any atom is -0.475 e. The van der Waals surface area contributed by atoms with Gasteiger partial charge in [0, 0.05) is 10.9 Å². The summed E-state index contributed by atoms with van der Waals surface area (Å²) in [4.78, 5) is 35.6. The monoisotopic (exact) mass is 372 g/mol. The summed E-state index contributed by atoms with van der Waals surface area (Å²) in [6.45, 7) is 1.75. The van der Waals surface area contributed by atoms with Crippen molar-refractivity contribution in [2.75, 3.05) is 0 Å². The third-order valence-corrected chi connectivity index (χ3v) is 4.60. The van der Waals surface area contributed by atoms with E-state index in [-0.39, 0.29) is 5.56 Å². The second-order valence-corrected chi connectivity index (χ2v) is 5.95. The zero-order valence-corrected chi connectivity index (χ0v) is 13.4. The molecule has 0 spiro atoms. The number of pyridine rings is 1. The average Bonchev–Trinajstić information content (AvgIpc) is 2.86. The van der Waals surface area contributed by atoms with Crippen LogP contribution in [0.5, 0.6) is 0 Å². The fourth-order valence-electron chi connectivity index (χ4n) is 2.19. The van der Waals surface area contributed by atoms with Crippen LogP contribution in [0.15, 0.2) is 29.1 Å². The number of carbonyl (C=O) groups excluding carboxylic acids is 1. The van der Waals surface area contributed by atoms with Crippen molar-refractivity contribution in [3.05, 3.63) is 45.1 Å². The molecular weight excluding hydrogens is 361 g/mol. The number of aryl methyl sites for hydroxylation is 1. The number of H-pyrrole nitrogens is 1. The van der Waals surface area contributed by atoms with Crippen molar-refractivity contribution < 1.29 is 27.9 Å². The zero-order chi connectivity index (χ0) is 18.9. The average molecular weight is 372 g/mol. The number of fused-ring (bicyclic) bond motifs is 3. The molecule has 0 saturated heterocycles. The van der Waals surface area contributed by atoms with Crippen molar-refractivity contribution in [2.24, 2.45) is 5.73 Å². The van der Waals surface area contributed by atoms with E-state index in [1.165, 1.54) is 11.3 Å². The van der Waals surface area contributed by atoms with Crippen LogP contribution in [-0.4, -0.2) is 28.1 Å². The SMILES string of the molecule is Cc1c(C(N)=O)sc2c1c(=O)[nH]c1ccccc12.O=C(O)C(F)(F)F. The maximum Gasteiger partial charge on any atom is 0.490 e. The Hall–Kier alpha value is -2.88. The van der Waals surface area contributed by atoms with Gasteiger partial charge in [-0.15, -0.1) is 11.3 Å². The predicted octanol–water partition coefficient (Wildman–Crippen LogP) is 2.78. The van der Waals surface area contributed by atoms with E-state index in [0.29, 0.717) is 15.8 Å². The smallest absolute Gasteiger partial charge is 0.475 e. The van der Waals surface area contributed by atoms with Crippen LogP contribution in [0.1, 0.15) is 15.2 Å². The summed E-state index contributed by atoms with van der Waals surface area (Å²) in [6, 6.07) is 7.53. The highest BCUT2D eigenvalue weighted by molar-refractivity contribution is 7.22. The van der Waals surface area contributed by atoms with E-state index >= 15 is 0 Å². The lowest BCUT2D eigenvalue weighted by Gasteiger charge is -1.98. The molecule has 3 aromatic rings. The molecule has 0 aliphatic rings. The Morgan fingerprint density at radius 2 is 1.80 bits per heavy atom. The van der Waals surface area contributed by atoms with E-state index in [9.17, 15) is 22.8 Å². The van der Waals surface area contributed by atoms with Crippen LogP contribution in [0.3, 0.4) is 0 Å². The molecule has 10 heteroatoms. The van der Waals surface area contributed by atoms with Gasteiger partial charge in [-0.05, 0) is 18.6 Å². The Balaban J connectivity index is 0.000000277. The number of nitrogens with one attached hydrogen (secondary N) is 1. The quantitative estimate of drug-likeness (QED) is 0.609. The van der Waals surface area contributed by atoms with Crippen molar-refractivity contribution in [1.29, 1.82) is 0 Å². The predicted molar refractivity (Wildman–Crippen MR) is 86.9 cm³/mol. The number of nitrogens with two attached hydrogens (primary N) is 1. The summed E-state index contributed by atoms with van der Waals surface area (Å²) in [5, 5.41) is 8.63. The van der Waals surface area contributed by atoms with Crippen LogP contribution < -0.4 is 11.3 Å². The number of primary amides is 1. The molecule has 6 nitrogen and oxygen atoms in total. The fraction of sp³-hybridized carbons (Fsp3) is 0.133. The topological polar surface area (TPSA) is 113 Å². The van der Waals surface area contributed by atoms with Crippen molar-refractivity contribution in [1.82, 2.24) is 4.98 Å². The molecule has 0 bridgehead atoms. The summed E-state index contributed by atoms with van der Waals surface area (Å²) < 4.78 is 32.6. The molecule has 0 atom stereocenters. The number of hydrogen-bond acceptors (Lipinski definition) is 4. The normalized spacial score (nSPS) is 11.2. The van der Waals surface area contributed by atoms with Gasteiger partial charge in [0.15, 0.2) is 0 Å². The van der Waals surface area contributed by atoms with E-state index in [0.717, 1.165) is 15.6 Å². The number of para-hydroxylation sites is 1. The van der Waals surface area contributed by atoms with Gasteiger partial charge in [0.25, 0.3) is 11.5 Å². The molecule has 132 valence electrons. The number of carboxylic acid groups (broad SMARTS) is 1. The minimum atomic E-state index is -5.08. The summed E-state index contributed by atoms with van der Waals surface area (Å²) in [6.07, 6.45) is -5.08. The molecule has 0 radical (unpaired) electrons. The van der Waals surface area contributed by atoms with E-state index in [4.69, 9.17) is 15.6 Å². The number of hydrogen-bond donors (Lipinski definition) is 3. The molecule has 2 heterocycles. The number of benzene rings is 1. The van der Waals surface area contributed by atoms with Gasteiger partial charge >= 0.3 is 12.1 Å². The van der Waals surface area contributed by atoms with Gasteiger partial charge in [0.05, 0.1) is 15.0 Å². The van der Waals surface area contributed by atoms with E-state index < -0.39 is 18.1 Å². The number of alkyl halides is 3. The highest BCUT2D eigenvalue weighted by atomic mass is 32.1. The number of aliphatic carboxylic acids is 1. The van der Waals surface area contributed by atoms with Gasteiger partial charge < -0.3 is 15.8 Å². The second kappa shape index (κ2) is 6.55. The molecule has 1 aromatic carbocycles. The van der Waals surface area contributed by atoms with Crippen molar-refractivity contribution in [3.8, 4) is 0 Å². The summed E-state index contributed by atoms with van der Waals surface area (Å²) >= 11 is 1.28. The van der Waals surface area contributed by atoms with Crippen LogP contribution >= 0.6 is 11.3 Å². The molecule has 0 aliphatic carbocycles. The molecule has 0 aliphatic heterocycles. The lowest BCUT2D eigenvalue weighted by Crippen LogP contribution is -2.21. The van der Waals surface area contributed by atoms with Gasteiger partial charge in [-0.25, -0.2) is 4.79 Å². The minimum absolute atomic E-state index is 0.176. The summed E-state index contributed by atoms with van der Waals surface area (Å²) in [5.41, 5.74) is 6.59. The van der Waals surface area contributed by atoms with Crippen LogP contribution in [-0.2, 0) is 4.79 Å². The number of thiophene rings is 1. The Labute approximate surface area is 141 Å². The number of carboxylic acids is 1. The molecule has 0 saturated carbocycles. The fourth-order valence-corrected chi connectivity index (χ4v) is 3.38. The maximum atomic E-state index is 12.0. The molecule has 4 N–H and O–H groups in total. The van der Waals surface area contributed by atoms with E-state index in [1.54, 1.807) is 6.92 Å². The van der Waals surface area contributed by atoms with Gasteiger partial charge in [-0.1, -0.05) is 18.2 Å². The van der Waals surface area contributed by atoms with E-state index in [1.807, 2.05) is 24.3 Å². The van der Waals surface area contributed by atoms with Crippen LogP contribution in [0.25, 0.3) is 21.0 Å². The number of carbonyl (C=O) groups is 2. The summed E-state index contributed by atoms with van der Waals surface area (Å²) in [7, 11) is 0. The van der Waals surface area contributed by atoms with Gasteiger partial charge in [-0.2, -0.15) is 13.2 Å². The first-order chi connectivity index (χ1) is 11.5. The van der Waals surface area contributed by atoms with Crippen LogP contribution in [0.4, 0.5) is 13.2 Å². The lowest BCUT2D eigenvalue weighted by molar-refractivity contribution is -0.192. The number of amides is 1. The van der Waals surface area contributed by atoms with E-state index in [2.05, 4.69) is 4.98 Å².